The van der Waals surface area contributed by atoms with Crippen LogP contribution in [0.5, 0.6) is 0 Å². The second-order valence-electron chi connectivity index (χ2n) is 4.86. The van der Waals surface area contributed by atoms with Gasteiger partial charge in [0, 0.05) is 20.4 Å². The molecule has 4 aromatic rings. The maximum Gasteiger partial charge on any atom is 0.0156 e. The van der Waals surface area contributed by atoms with Crippen molar-refractivity contribution in [3.63, 3.8) is 0 Å². The average molecular weight is 292 g/mol. The molecular formula is C18H13PS. The molecule has 0 amide bonds. The Kier molecular flexibility index (Phi) is 2.84. The molecule has 0 unspecified atom stereocenters. The van der Waals surface area contributed by atoms with E-state index in [-0.39, 0.29) is 0 Å². The summed E-state index contributed by atoms with van der Waals surface area (Å²) < 4.78 is 0. The Bertz CT molecular complexity index is 868. The minimum atomic E-state index is -0.469. The smallest absolute Gasteiger partial charge is 0.0156 e. The summed E-state index contributed by atoms with van der Waals surface area (Å²) in [6.07, 6.45) is 0. The van der Waals surface area contributed by atoms with Crippen molar-refractivity contribution in [3.05, 3.63) is 72.8 Å². The normalized spacial score (nSPS) is 11.2. The van der Waals surface area contributed by atoms with Crippen LogP contribution in [0.15, 0.2) is 77.7 Å². The molecule has 20 heavy (non-hydrogen) atoms. The lowest BCUT2D eigenvalue weighted by atomic mass is 10.2. The van der Waals surface area contributed by atoms with Gasteiger partial charge in [-0.1, -0.05) is 68.2 Å². The Morgan fingerprint density at radius 3 is 1.70 bits per heavy atom. The molecular weight excluding hydrogens is 279 g/mol. The second-order valence-corrected chi connectivity index (χ2v) is 7.46. The number of rotatable bonds is 1. The van der Waals surface area contributed by atoms with E-state index in [9.17, 15) is 0 Å². The van der Waals surface area contributed by atoms with Crippen LogP contribution in [0.1, 0.15) is 0 Å². The van der Waals surface area contributed by atoms with Crippen LogP contribution in [0, 0.1) is 0 Å². The third-order valence-electron chi connectivity index (χ3n) is 3.70. The number of benzene rings is 3. The zero-order chi connectivity index (χ0) is 13.5. The van der Waals surface area contributed by atoms with E-state index >= 15 is 0 Å². The standard InChI is InChI=1S/C18H13PS/c20-18-12-6-5-11-17(18)19-15-9-3-1-7-13(15)14-8-2-4-10-16(14)19/h1-12,20H. The largest absolute Gasteiger partial charge is 0.142 e. The van der Waals surface area contributed by atoms with Crippen molar-refractivity contribution in [2.75, 3.05) is 0 Å². The van der Waals surface area contributed by atoms with E-state index in [2.05, 4.69) is 85.4 Å². The molecule has 0 fully saturated rings. The van der Waals surface area contributed by atoms with Crippen molar-refractivity contribution >= 4 is 41.2 Å². The number of thiol groups is 1. The van der Waals surface area contributed by atoms with Gasteiger partial charge >= 0.3 is 0 Å². The van der Waals surface area contributed by atoms with Gasteiger partial charge in [0.15, 0.2) is 0 Å². The van der Waals surface area contributed by atoms with Crippen LogP contribution in [0.2, 0.25) is 0 Å². The molecule has 3 aromatic carbocycles. The Labute approximate surface area is 124 Å². The molecule has 0 nitrogen and oxygen atoms in total. The predicted octanol–water partition coefficient (Wildman–Crippen LogP) is 6.26. The average Bonchev–Trinajstić information content (AvgIpc) is 2.83. The van der Waals surface area contributed by atoms with Crippen LogP contribution < -0.4 is 0 Å². The Hall–Kier alpha value is -1.69. The summed E-state index contributed by atoms with van der Waals surface area (Å²) in [5, 5.41) is 7.01. The van der Waals surface area contributed by atoms with Gasteiger partial charge in [0.2, 0.25) is 0 Å². The van der Waals surface area contributed by atoms with E-state index in [1.807, 2.05) is 0 Å². The van der Waals surface area contributed by atoms with Crippen LogP contribution in [-0.4, -0.2) is 0 Å². The first-order chi connectivity index (χ1) is 9.86. The molecule has 0 aliphatic heterocycles. The SMILES string of the molecule is Sc1ccccc1-p1c2ccccc2c2ccccc21. The topological polar surface area (TPSA) is 0 Å². The van der Waals surface area contributed by atoms with Crippen LogP contribution >= 0.6 is 20.2 Å². The molecule has 0 saturated carbocycles. The quantitative estimate of drug-likeness (QED) is 0.393. The van der Waals surface area contributed by atoms with Crippen molar-refractivity contribution in [3.8, 4) is 5.30 Å². The Morgan fingerprint density at radius 2 is 1.10 bits per heavy atom. The van der Waals surface area contributed by atoms with Gasteiger partial charge in [0.05, 0.1) is 0 Å². The summed E-state index contributed by atoms with van der Waals surface area (Å²) in [7, 11) is -0.469. The molecule has 0 radical (unpaired) electrons. The minimum Gasteiger partial charge on any atom is -0.142 e. The Morgan fingerprint density at radius 1 is 0.600 bits per heavy atom. The first-order valence-electron chi connectivity index (χ1n) is 6.63. The molecule has 4 rings (SSSR count). The summed E-state index contributed by atoms with van der Waals surface area (Å²) in [4.78, 5) is 1.09. The molecule has 0 atom stereocenters. The van der Waals surface area contributed by atoms with E-state index < -0.39 is 7.53 Å². The van der Waals surface area contributed by atoms with Crippen molar-refractivity contribution in [2.45, 2.75) is 4.90 Å². The maximum atomic E-state index is 4.67. The first kappa shape index (κ1) is 12.1. The molecule has 0 aliphatic carbocycles. The van der Waals surface area contributed by atoms with Crippen molar-refractivity contribution in [1.29, 1.82) is 0 Å². The third kappa shape index (κ3) is 1.71. The van der Waals surface area contributed by atoms with E-state index in [0.717, 1.165) is 4.90 Å². The molecule has 1 heterocycles. The van der Waals surface area contributed by atoms with Crippen molar-refractivity contribution < 1.29 is 0 Å². The van der Waals surface area contributed by atoms with Crippen molar-refractivity contribution in [1.82, 2.24) is 0 Å². The molecule has 0 spiro atoms. The zero-order valence-electron chi connectivity index (χ0n) is 10.8. The van der Waals surface area contributed by atoms with Crippen LogP contribution in [0.25, 0.3) is 26.3 Å². The van der Waals surface area contributed by atoms with Gasteiger partial charge in [-0.25, -0.2) is 0 Å². The first-order valence-corrected chi connectivity index (χ1v) is 8.42. The third-order valence-corrected chi connectivity index (χ3v) is 6.88. The number of fused-ring (bicyclic) bond motifs is 3. The summed E-state index contributed by atoms with van der Waals surface area (Å²) in [5.41, 5.74) is 0. The predicted molar refractivity (Wildman–Crippen MR) is 92.8 cm³/mol. The van der Waals surface area contributed by atoms with Gasteiger partial charge < -0.3 is 0 Å². The van der Waals surface area contributed by atoms with Crippen LogP contribution in [0.4, 0.5) is 0 Å². The number of hydrogen-bond donors (Lipinski definition) is 1. The van der Waals surface area contributed by atoms with Gasteiger partial charge in [-0.3, -0.25) is 0 Å². The highest BCUT2D eigenvalue weighted by molar-refractivity contribution is 7.81. The lowest BCUT2D eigenvalue weighted by Gasteiger charge is -2.06. The van der Waals surface area contributed by atoms with Crippen LogP contribution in [-0.2, 0) is 0 Å². The number of hydrogen-bond acceptors (Lipinski definition) is 1. The maximum absolute atomic E-state index is 4.67. The highest BCUT2D eigenvalue weighted by atomic mass is 32.1. The molecule has 0 bridgehead atoms. The zero-order valence-corrected chi connectivity index (χ0v) is 12.6. The fourth-order valence-corrected chi connectivity index (χ4v) is 5.96. The van der Waals surface area contributed by atoms with Gasteiger partial charge in [-0.2, -0.15) is 0 Å². The lowest BCUT2D eigenvalue weighted by molar-refractivity contribution is 1.53. The second kappa shape index (κ2) is 4.70. The fraction of sp³-hybridized carbons (Fsp3) is 0. The van der Waals surface area contributed by atoms with Gasteiger partial charge in [-0.15, -0.1) is 12.6 Å². The lowest BCUT2D eigenvalue weighted by Crippen LogP contribution is -1.70. The molecule has 1 aromatic heterocycles. The van der Waals surface area contributed by atoms with E-state index in [1.165, 1.54) is 26.3 Å². The molecule has 0 aliphatic rings. The highest BCUT2D eigenvalue weighted by Gasteiger charge is 2.13. The van der Waals surface area contributed by atoms with E-state index in [0.29, 0.717) is 0 Å². The van der Waals surface area contributed by atoms with Gasteiger partial charge in [0.1, 0.15) is 0 Å². The summed E-state index contributed by atoms with van der Waals surface area (Å²) in [6.45, 7) is 0. The summed E-state index contributed by atoms with van der Waals surface area (Å²) in [5.74, 6) is 0. The summed E-state index contributed by atoms with van der Waals surface area (Å²) >= 11 is 4.67. The Balaban J connectivity index is 2.24. The van der Waals surface area contributed by atoms with E-state index in [4.69, 9.17) is 0 Å². The van der Waals surface area contributed by atoms with E-state index in [1.54, 1.807) is 0 Å². The monoisotopic (exact) mass is 292 g/mol. The highest BCUT2D eigenvalue weighted by Crippen LogP contribution is 2.56. The molecule has 2 heteroatoms. The molecule has 0 saturated heterocycles. The summed E-state index contributed by atoms with van der Waals surface area (Å²) in [6, 6.07) is 26.0. The fourth-order valence-electron chi connectivity index (χ4n) is 2.84. The van der Waals surface area contributed by atoms with Crippen LogP contribution in [0.3, 0.4) is 0 Å². The molecule has 96 valence electrons. The minimum absolute atomic E-state index is 0.469. The molecule has 0 N–H and O–H groups in total. The van der Waals surface area contributed by atoms with Gasteiger partial charge in [0.25, 0.3) is 0 Å². The van der Waals surface area contributed by atoms with Gasteiger partial charge in [-0.05, 0) is 22.9 Å². The van der Waals surface area contributed by atoms with Crippen molar-refractivity contribution in [2.24, 2.45) is 0 Å².